The molecule has 7 heteroatoms. The van der Waals surface area contributed by atoms with Gasteiger partial charge >= 0.3 is 5.97 Å². The molecule has 0 spiro atoms. The van der Waals surface area contributed by atoms with E-state index in [1.807, 2.05) is 13.1 Å². The van der Waals surface area contributed by atoms with E-state index in [4.69, 9.17) is 9.84 Å². The van der Waals surface area contributed by atoms with E-state index in [0.29, 0.717) is 24.3 Å². The molecule has 2 aromatic rings. The van der Waals surface area contributed by atoms with Gasteiger partial charge in [0.05, 0.1) is 5.01 Å². The van der Waals surface area contributed by atoms with Gasteiger partial charge in [-0.3, -0.25) is 4.79 Å². The molecule has 2 rings (SSSR count). The Hall–Kier alpha value is -2.41. The third kappa shape index (κ3) is 5.07. The number of ether oxygens (including phenoxy) is 1. The van der Waals surface area contributed by atoms with Gasteiger partial charge in [0.1, 0.15) is 5.75 Å². The maximum Gasteiger partial charge on any atom is 0.341 e. The van der Waals surface area contributed by atoms with Crippen LogP contribution in [0.15, 0.2) is 30.5 Å². The molecular formula is C16H18N2O4S. The van der Waals surface area contributed by atoms with Crippen molar-refractivity contribution in [2.45, 2.75) is 13.3 Å². The Morgan fingerprint density at radius 2 is 2.17 bits per heavy atom. The fourth-order valence-corrected chi connectivity index (χ4v) is 2.74. The molecule has 0 saturated heterocycles. The van der Waals surface area contributed by atoms with Gasteiger partial charge in [0.15, 0.2) is 6.61 Å². The Labute approximate surface area is 138 Å². The molecule has 23 heavy (non-hydrogen) atoms. The number of aromatic nitrogens is 1. The van der Waals surface area contributed by atoms with Gasteiger partial charge in [-0.15, -0.1) is 11.3 Å². The third-order valence-corrected chi connectivity index (χ3v) is 4.09. The monoisotopic (exact) mass is 334 g/mol. The number of rotatable bonds is 7. The molecule has 0 aliphatic rings. The zero-order valence-electron chi connectivity index (χ0n) is 13.0. The van der Waals surface area contributed by atoms with Crippen LogP contribution in [0.25, 0.3) is 0 Å². The molecule has 6 nitrogen and oxygen atoms in total. The fourth-order valence-electron chi connectivity index (χ4n) is 1.97. The van der Waals surface area contributed by atoms with Gasteiger partial charge in [0.25, 0.3) is 5.91 Å². The van der Waals surface area contributed by atoms with Crippen molar-refractivity contribution in [2.24, 2.45) is 0 Å². The van der Waals surface area contributed by atoms with Gasteiger partial charge in [-0.2, -0.15) is 0 Å². The van der Waals surface area contributed by atoms with Crippen molar-refractivity contribution in [2.75, 3.05) is 20.2 Å². The summed E-state index contributed by atoms with van der Waals surface area (Å²) in [6.07, 6.45) is 2.53. The Balaban J connectivity index is 1.95. The van der Waals surface area contributed by atoms with Crippen LogP contribution >= 0.6 is 11.3 Å². The van der Waals surface area contributed by atoms with Crippen molar-refractivity contribution in [3.8, 4) is 5.75 Å². The molecule has 1 N–H and O–H groups in total. The summed E-state index contributed by atoms with van der Waals surface area (Å²) in [4.78, 5) is 30.0. The number of carbonyl (C=O) groups excluding carboxylic acids is 1. The fraction of sp³-hybridized carbons (Fsp3) is 0.312. The van der Waals surface area contributed by atoms with Crippen LogP contribution in [-0.4, -0.2) is 47.1 Å². The summed E-state index contributed by atoms with van der Waals surface area (Å²) < 4.78 is 5.09. The Morgan fingerprint density at radius 3 is 2.83 bits per heavy atom. The molecule has 0 radical (unpaired) electrons. The highest BCUT2D eigenvalue weighted by atomic mass is 32.1. The third-order valence-electron chi connectivity index (χ3n) is 3.12. The van der Waals surface area contributed by atoms with E-state index < -0.39 is 12.6 Å². The lowest BCUT2D eigenvalue weighted by Crippen LogP contribution is -2.28. The highest BCUT2D eigenvalue weighted by molar-refractivity contribution is 7.11. The molecule has 0 fully saturated rings. The first-order chi connectivity index (χ1) is 11.0. The molecule has 1 heterocycles. The van der Waals surface area contributed by atoms with Gasteiger partial charge < -0.3 is 14.7 Å². The lowest BCUT2D eigenvalue weighted by atomic mass is 10.2. The summed E-state index contributed by atoms with van der Waals surface area (Å²) in [5.74, 6) is -0.834. The average molecular weight is 334 g/mol. The second-order valence-corrected chi connectivity index (χ2v) is 6.37. The maximum atomic E-state index is 12.4. The van der Waals surface area contributed by atoms with Crippen LogP contribution in [-0.2, 0) is 11.2 Å². The van der Waals surface area contributed by atoms with Crippen molar-refractivity contribution < 1.29 is 19.4 Å². The van der Waals surface area contributed by atoms with Crippen LogP contribution in [0, 0.1) is 6.92 Å². The summed E-state index contributed by atoms with van der Waals surface area (Å²) in [6.45, 7) is 2.13. The van der Waals surface area contributed by atoms with E-state index in [9.17, 15) is 9.59 Å². The summed E-state index contributed by atoms with van der Waals surface area (Å²) in [7, 11) is 1.73. The first kappa shape index (κ1) is 17.0. The molecule has 0 saturated carbocycles. The first-order valence-corrected chi connectivity index (χ1v) is 7.89. The second-order valence-electron chi connectivity index (χ2n) is 5.05. The molecule has 0 atom stereocenters. The first-order valence-electron chi connectivity index (χ1n) is 7.07. The molecule has 122 valence electrons. The molecule has 0 aliphatic heterocycles. The number of aliphatic carboxylic acids is 1. The smallest absolute Gasteiger partial charge is 0.341 e. The van der Waals surface area contributed by atoms with E-state index in [2.05, 4.69) is 4.98 Å². The number of carboxylic acid groups (broad SMARTS) is 1. The Morgan fingerprint density at radius 1 is 1.39 bits per heavy atom. The van der Waals surface area contributed by atoms with Gasteiger partial charge in [0.2, 0.25) is 0 Å². The topological polar surface area (TPSA) is 79.7 Å². The minimum atomic E-state index is -1.06. The van der Waals surface area contributed by atoms with Gasteiger partial charge in [-0.05, 0) is 25.1 Å². The van der Waals surface area contributed by atoms with Crippen molar-refractivity contribution in [3.63, 3.8) is 0 Å². The summed E-state index contributed by atoms with van der Waals surface area (Å²) >= 11 is 1.62. The molecule has 0 bridgehead atoms. The van der Waals surface area contributed by atoms with Crippen LogP contribution in [0.4, 0.5) is 0 Å². The number of carbonyl (C=O) groups is 2. The number of nitrogens with zero attached hydrogens (tertiary/aromatic N) is 2. The van der Waals surface area contributed by atoms with E-state index in [-0.39, 0.29) is 5.91 Å². The van der Waals surface area contributed by atoms with Crippen LogP contribution in [0.5, 0.6) is 5.75 Å². The number of likely N-dealkylation sites (N-methyl/N-ethyl adjacent to an activating group) is 1. The number of aryl methyl sites for hydroxylation is 1. The lowest BCUT2D eigenvalue weighted by molar-refractivity contribution is -0.139. The van der Waals surface area contributed by atoms with Crippen molar-refractivity contribution in [1.29, 1.82) is 0 Å². The highest BCUT2D eigenvalue weighted by Crippen LogP contribution is 2.16. The average Bonchev–Trinajstić information content (AvgIpc) is 2.95. The second kappa shape index (κ2) is 7.73. The van der Waals surface area contributed by atoms with Crippen LogP contribution < -0.4 is 4.74 Å². The zero-order valence-corrected chi connectivity index (χ0v) is 13.8. The normalized spacial score (nSPS) is 10.3. The Kier molecular flexibility index (Phi) is 5.70. The molecular weight excluding hydrogens is 316 g/mol. The molecule has 0 unspecified atom stereocenters. The summed E-state index contributed by atoms with van der Waals surface area (Å²) in [5, 5.41) is 9.62. The maximum absolute atomic E-state index is 12.4. The quantitative estimate of drug-likeness (QED) is 0.840. The number of thiazole rings is 1. The van der Waals surface area contributed by atoms with Crippen molar-refractivity contribution >= 4 is 23.2 Å². The summed E-state index contributed by atoms with van der Waals surface area (Å²) in [6, 6.07) is 6.52. The number of hydrogen-bond donors (Lipinski definition) is 1. The van der Waals surface area contributed by atoms with Crippen molar-refractivity contribution in [3.05, 3.63) is 45.9 Å². The molecule has 1 aromatic heterocycles. The molecule has 0 aliphatic carbocycles. The van der Waals surface area contributed by atoms with Gasteiger partial charge in [-0.1, -0.05) is 6.07 Å². The van der Waals surface area contributed by atoms with Crippen molar-refractivity contribution in [1.82, 2.24) is 9.88 Å². The van der Waals surface area contributed by atoms with E-state index in [1.54, 1.807) is 47.5 Å². The largest absolute Gasteiger partial charge is 0.482 e. The van der Waals surface area contributed by atoms with Gasteiger partial charge in [-0.25, -0.2) is 9.78 Å². The van der Waals surface area contributed by atoms with Crippen LogP contribution in [0.1, 0.15) is 20.2 Å². The highest BCUT2D eigenvalue weighted by Gasteiger charge is 2.13. The number of amides is 1. The van der Waals surface area contributed by atoms with E-state index in [0.717, 1.165) is 9.88 Å². The summed E-state index contributed by atoms with van der Waals surface area (Å²) in [5.41, 5.74) is 0.464. The number of benzene rings is 1. The zero-order chi connectivity index (χ0) is 16.8. The predicted octanol–water partition coefficient (Wildman–Crippen LogP) is 2.23. The van der Waals surface area contributed by atoms with E-state index >= 15 is 0 Å². The standard InChI is InChI=1S/C16H18N2O4S/c1-11-9-17-14(23-11)6-7-18(2)16(21)12-4-3-5-13(8-12)22-10-15(19)20/h3-5,8-9H,6-7,10H2,1-2H3,(H,19,20). The predicted molar refractivity (Wildman–Crippen MR) is 87.1 cm³/mol. The minimum absolute atomic E-state index is 0.140. The lowest BCUT2D eigenvalue weighted by Gasteiger charge is -2.17. The molecule has 1 amide bonds. The minimum Gasteiger partial charge on any atom is -0.482 e. The number of hydrogen-bond acceptors (Lipinski definition) is 5. The Bertz CT molecular complexity index is 699. The SMILES string of the molecule is Cc1cnc(CCN(C)C(=O)c2cccc(OCC(=O)O)c2)s1. The van der Waals surface area contributed by atoms with Crippen LogP contribution in [0.3, 0.4) is 0 Å². The van der Waals surface area contributed by atoms with Crippen LogP contribution in [0.2, 0.25) is 0 Å². The number of carboxylic acids is 1. The molecule has 1 aromatic carbocycles. The van der Waals surface area contributed by atoms with E-state index in [1.165, 1.54) is 0 Å². The van der Waals surface area contributed by atoms with Gasteiger partial charge in [0, 0.05) is 36.7 Å².